The number of aromatic hydroxyl groups is 1. The summed E-state index contributed by atoms with van der Waals surface area (Å²) in [6, 6.07) is 3.58. The Morgan fingerprint density at radius 1 is 1.53 bits per heavy atom. The van der Waals surface area contributed by atoms with Crippen molar-refractivity contribution in [2.75, 3.05) is 0 Å². The molecule has 0 spiro atoms. The highest BCUT2D eigenvalue weighted by Crippen LogP contribution is 2.27. The Balaban J connectivity index is 2.03. The van der Waals surface area contributed by atoms with Crippen molar-refractivity contribution in [3.8, 4) is 6.01 Å². The third-order valence-electron chi connectivity index (χ3n) is 3.00. The third kappa shape index (κ3) is 2.15. The second-order valence-electron chi connectivity index (χ2n) is 4.40. The largest absolute Gasteiger partial charge is 0.480 e. The van der Waals surface area contributed by atoms with Crippen molar-refractivity contribution in [1.82, 2.24) is 24.7 Å². The van der Waals surface area contributed by atoms with Gasteiger partial charge in [-0.3, -0.25) is 9.67 Å². The molecule has 19 heavy (non-hydrogen) atoms. The van der Waals surface area contributed by atoms with Crippen molar-refractivity contribution in [1.29, 1.82) is 0 Å². The van der Waals surface area contributed by atoms with Crippen LogP contribution in [0, 0.1) is 0 Å². The summed E-state index contributed by atoms with van der Waals surface area (Å²) in [6.45, 7) is 1.98. The number of nitrogens with one attached hydrogen (secondary N) is 1. The van der Waals surface area contributed by atoms with E-state index >= 15 is 0 Å². The van der Waals surface area contributed by atoms with Crippen LogP contribution in [0.15, 0.2) is 24.5 Å². The molecule has 2 N–H and O–H groups in total. The zero-order valence-electron chi connectivity index (χ0n) is 10.2. The van der Waals surface area contributed by atoms with Gasteiger partial charge in [-0.15, -0.1) is 0 Å². The summed E-state index contributed by atoms with van der Waals surface area (Å²) in [5, 5.41) is 17.4. The molecule has 3 heterocycles. The number of nitrogens with zero attached hydrogens (tertiary/aromatic N) is 4. The SMILES string of the molecule is CC(Cc1cc[nH]n1)n1c(O)nc2ncc(Cl)cc21. The molecule has 6 nitrogen and oxygen atoms in total. The molecule has 0 bridgehead atoms. The van der Waals surface area contributed by atoms with Crippen molar-refractivity contribution in [3.05, 3.63) is 35.2 Å². The van der Waals surface area contributed by atoms with Crippen LogP contribution in [-0.2, 0) is 6.42 Å². The number of aromatic amines is 1. The van der Waals surface area contributed by atoms with Crippen molar-refractivity contribution in [2.24, 2.45) is 0 Å². The molecule has 0 aromatic carbocycles. The van der Waals surface area contributed by atoms with E-state index in [0.29, 0.717) is 22.6 Å². The number of hydrogen-bond donors (Lipinski definition) is 2. The van der Waals surface area contributed by atoms with Gasteiger partial charge in [0.2, 0.25) is 0 Å². The number of hydrogen-bond acceptors (Lipinski definition) is 4. The Morgan fingerprint density at radius 3 is 3.11 bits per heavy atom. The van der Waals surface area contributed by atoms with Crippen LogP contribution in [0.3, 0.4) is 0 Å². The van der Waals surface area contributed by atoms with Gasteiger partial charge in [-0.25, -0.2) is 4.98 Å². The number of aromatic nitrogens is 5. The van der Waals surface area contributed by atoms with Gasteiger partial charge in [-0.1, -0.05) is 11.6 Å². The third-order valence-corrected chi connectivity index (χ3v) is 3.21. The van der Waals surface area contributed by atoms with Gasteiger partial charge in [0.1, 0.15) is 0 Å². The summed E-state index contributed by atoms with van der Waals surface area (Å²) in [7, 11) is 0. The van der Waals surface area contributed by atoms with Crippen LogP contribution >= 0.6 is 11.6 Å². The van der Waals surface area contributed by atoms with E-state index < -0.39 is 0 Å². The maximum Gasteiger partial charge on any atom is 0.296 e. The van der Waals surface area contributed by atoms with Crippen LogP contribution < -0.4 is 0 Å². The first-order chi connectivity index (χ1) is 9.15. The van der Waals surface area contributed by atoms with E-state index in [1.54, 1.807) is 16.8 Å². The molecule has 1 atom stereocenters. The average Bonchev–Trinajstić information content (AvgIpc) is 2.95. The average molecular weight is 278 g/mol. The second kappa shape index (κ2) is 4.55. The molecule has 7 heteroatoms. The summed E-state index contributed by atoms with van der Waals surface area (Å²) < 4.78 is 1.71. The van der Waals surface area contributed by atoms with Gasteiger partial charge < -0.3 is 5.11 Å². The summed E-state index contributed by atoms with van der Waals surface area (Å²) in [5.41, 5.74) is 2.12. The number of halogens is 1. The predicted molar refractivity (Wildman–Crippen MR) is 71.2 cm³/mol. The molecule has 3 aromatic rings. The molecule has 0 saturated carbocycles. The van der Waals surface area contributed by atoms with Gasteiger partial charge in [0.05, 0.1) is 16.2 Å². The molecule has 0 aliphatic rings. The molecule has 0 fully saturated rings. The zero-order valence-corrected chi connectivity index (χ0v) is 11.0. The molecule has 0 amide bonds. The monoisotopic (exact) mass is 277 g/mol. The fourth-order valence-electron chi connectivity index (χ4n) is 2.17. The smallest absolute Gasteiger partial charge is 0.296 e. The van der Waals surface area contributed by atoms with Crippen LogP contribution in [0.4, 0.5) is 0 Å². The molecule has 3 aromatic heterocycles. The Morgan fingerprint density at radius 2 is 2.37 bits per heavy atom. The first-order valence-electron chi connectivity index (χ1n) is 5.86. The van der Waals surface area contributed by atoms with E-state index in [1.807, 2.05) is 13.0 Å². The van der Waals surface area contributed by atoms with Crippen LogP contribution in [0.25, 0.3) is 11.2 Å². The van der Waals surface area contributed by atoms with E-state index in [1.165, 1.54) is 6.20 Å². The van der Waals surface area contributed by atoms with Crippen molar-refractivity contribution >= 4 is 22.8 Å². The van der Waals surface area contributed by atoms with Gasteiger partial charge in [0, 0.05) is 24.9 Å². The highest BCUT2D eigenvalue weighted by atomic mass is 35.5. The fraction of sp³-hybridized carbons (Fsp3) is 0.250. The fourth-order valence-corrected chi connectivity index (χ4v) is 2.33. The van der Waals surface area contributed by atoms with Crippen LogP contribution in [0.1, 0.15) is 18.7 Å². The van der Waals surface area contributed by atoms with Gasteiger partial charge in [0.25, 0.3) is 6.01 Å². The lowest BCUT2D eigenvalue weighted by Crippen LogP contribution is -2.08. The minimum Gasteiger partial charge on any atom is -0.480 e. The molecule has 0 aliphatic carbocycles. The maximum absolute atomic E-state index is 9.96. The summed E-state index contributed by atoms with van der Waals surface area (Å²) >= 11 is 5.94. The summed E-state index contributed by atoms with van der Waals surface area (Å²) in [5.74, 6) is 0. The van der Waals surface area contributed by atoms with E-state index in [4.69, 9.17) is 11.6 Å². The first kappa shape index (κ1) is 12.0. The normalized spacial score (nSPS) is 12.9. The Hall–Kier alpha value is -2.08. The van der Waals surface area contributed by atoms with Crippen LogP contribution in [0.2, 0.25) is 5.02 Å². The standard InChI is InChI=1S/C12H12ClN5O/c1-7(4-9-2-3-15-17-9)18-10-5-8(13)6-14-11(10)16-12(18)19/h2-3,5-7H,4H2,1H3,(H,15,17)(H,14,16,19). The highest BCUT2D eigenvalue weighted by Gasteiger charge is 2.17. The number of imidazole rings is 1. The lowest BCUT2D eigenvalue weighted by Gasteiger charge is -2.13. The Kier molecular flexibility index (Phi) is 2.87. The van der Waals surface area contributed by atoms with E-state index in [0.717, 1.165) is 5.69 Å². The molecular formula is C12H12ClN5O. The lowest BCUT2D eigenvalue weighted by atomic mass is 10.2. The highest BCUT2D eigenvalue weighted by molar-refractivity contribution is 6.31. The minimum atomic E-state index is -0.0622. The van der Waals surface area contributed by atoms with E-state index in [2.05, 4.69) is 20.2 Å². The van der Waals surface area contributed by atoms with Gasteiger partial charge >= 0.3 is 0 Å². The van der Waals surface area contributed by atoms with E-state index in [-0.39, 0.29) is 12.1 Å². The van der Waals surface area contributed by atoms with Gasteiger partial charge in [0.15, 0.2) is 5.65 Å². The molecular weight excluding hydrogens is 266 g/mol. The number of H-pyrrole nitrogens is 1. The Bertz CT molecular complexity index is 706. The Labute approximate surface area is 114 Å². The number of fused-ring (bicyclic) bond motifs is 1. The topological polar surface area (TPSA) is 79.6 Å². The molecule has 1 unspecified atom stereocenters. The van der Waals surface area contributed by atoms with Crippen molar-refractivity contribution < 1.29 is 5.11 Å². The number of rotatable bonds is 3. The molecule has 98 valence electrons. The van der Waals surface area contributed by atoms with Gasteiger partial charge in [-0.05, 0) is 19.1 Å². The van der Waals surface area contributed by atoms with Crippen molar-refractivity contribution in [3.63, 3.8) is 0 Å². The predicted octanol–water partition coefficient (Wildman–Crippen LogP) is 2.32. The molecule has 0 aliphatic heterocycles. The lowest BCUT2D eigenvalue weighted by molar-refractivity contribution is 0.378. The maximum atomic E-state index is 9.96. The number of pyridine rings is 1. The van der Waals surface area contributed by atoms with Crippen LogP contribution in [0.5, 0.6) is 6.01 Å². The second-order valence-corrected chi connectivity index (χ2v) is 4.83. The van der Waals surface area contributed by atoms with E-state index in [9.17, 15) is 5.11 Å². The molecule has 0 radical (unpaired) electrons. The summed E-state index contributed by atoms with van der Waals surface area (Å²) in [4.78, 5) is 8.12. The van der Waals surface area contributed by atoms with Gasteiger partial charge in [-0.2, -0.15) is 10.1 Å². The first-order valence-corrected chi connectivity index (χ1v) is 6.24. The van der Waals surface area contributed by atoms with Crippen molar-refractivity contribution in [2.45, 2.75) is 19.4 Å². The summed E-state index contributed by atoms with van der Waals surface area (Å²) in [6.07, 6.45) is 3.96. The molecule has 0 saturated heterocycles. The van der Waals surface area contributed by atoms with Crippen LogP contribution in [-0.4, -0.2) is 29.8 Å². The zero-order chi connectivity index (χ0) is 13.4. The quantitative estimate of drug-likeness (QED) is 0.770. The minimum absolute atomic E-state index is 0.00596. The molecule has 3 rings (SSSR count).